The second-order valence-corrected chi connectivity index (χ2v) is 27.6. The van der Waals surface area contributed by atoms with Crippen molar-refractivity contribution in [1.82, 2.24) is 43.0 Å². The summed E-state index contributed by atoms with van der Waals surface area (Å²) in [6.07, 6.45) is 5.90. The van der Waals surface area contributed by atoms with Crippen molar-refractivity contribution in [2.75, 3.05) is 18.9 Å². The number of aromatic nitrogens is 9. The SMILES string of the molecule is C=C(C)[C@@H]1CC[C@]2(C)SP(=S)(OC[C@H]3O[C@@H](n4cnc5c(=O)n6ccn(CCc7ccc([N+](=O)[O-])cc7)c6nc54)[C@H](OP(O)(=S)OC[C@H]4C[C@@H](n5cnc6c(N)ncnc65)[C@@H]4CC)[C@@H]3F)O[C@H]2C1. The summed E-state index contributed by atoms with van der Waals surface area (Å²) >= 11 is 13.1. The van der Waals surface area contributed by atoms with Crippen LogP contribution in [0.1, 0.15) is 70.7 Å². The zero-order chi connectivity index (χ0) is 47.9. The molecule has 2 aliphatic carbocycles. The van der Waals surface area contributed by atoms with Gasteiger partial charge in [0.1, 0.15) is 24.1 Å². The Morgan fingerprint density at radius 2 is 1.91 bits per heavy atom. The fraction of sp³-hybridized carbons (Fsp3) is 0.524. The van der Waals surface area contributed by atoms with E-state index in [2.05, 4.69) is 40.4 Å². The minimum Gasteiger partial charge on any atom is -0.382 e. The number of alkyl halides is 1. The summed E-state index contributed by atoms with van der Waals surface area (Å²) in [7, 11) is 0. The lowest BCUT2D eigenvalue weighted by molar-refractivity contribution is -0.384. The van der Waals surface area contributed by atoms with Crippen LogP contribution in [0, 0.1) is 27.9 Å². The molecule has 12 atom stereocenters. The summed E-state index contributed by atoms with van der Waals surface area (Å²) in [5, 5.41) is 11.2. The second kappa shape index (κ2) is 18.3. The molecule has 3 N–H and O–H groups in total. The lowest BCUT2D eigenvalue weighted by atomic mass is 9.68. The number of non-ortho nitro benzene ring substituents is 1. The van der Waals surface area contributed by atoms with Gasteiger partial charge in [-0.1, -0.05) is 49.0 Å². The third-order valence-corrected chi connectivity index (χ3v) is 21.4. The number of imidazole rings is 3. The number of hydrogen-bond donors (Lipinski definition) is 2. The smallest absolute Gasteiger partial charge is 0.325 e. The Morgan fingerprint density at radius 3 is 2.66 bits per heavy atom. The number of benzene rings is 1. The molecule has 4 aliphatic rings. The molecular formula is C42H50FN11O9P2S3. The number of aryl methyl sites for hydroxylation is 2. The Hall–Kier alpha value is -4.06. The van der Waals surface area contributed by atoms with E-state index in [9.17, 15) is 19.8 Å². The van der Waals surface area contributed by atoms with Crippen LogP contribution in [0.15, 0.2) is 72.6 Å². The number of fused-ring (bicyclic) bond motifs is 4. The van der Waals surface area contributed by atoms with Gasteiger partial charge in [-0.15, -0.1) is 0 Å². The van der Waals surface area contributed by atoms with Crippen molar-refractivity contribution in [2.24, 2.45) is 17.8 Å². The van der Waals surface area contributed by atoms with Gasteiger partial charge in [0.2, 0.25) is 11.5 Å². The van der Waals surface area contributed by atoms with E-state index in [0.29, 0.717) is 42.3 Å². The average Bonchev–Trinajstić information content (AvgIpc) is 4.12. The Morgan fingerprint density at radius 1 is 1.15 bits per heavy atom. The summed E-state index contributed by atoms with van der Waals surface area (Å²) < 4.78 is 54.8. The number of hydrogen-bond acceptors (Lipinski definition) is 17. The van der Waals surface area contributed by atoms with Crippen molar-refractivity contribution >= 4 is 87.0 Å². The summed E-state index contributed by atoms with van der Waals surface area (Å²) in [6.45, 7) is 6.30. The first-order chi connectivity index (χ1) is 32.4. The predicted molar refractivity (Wildman–Crippen MR) is 260 cm³/mol. The Labute approximate surface area is 403 Å². The van der Waals surface area contributed by atoms with Gasteiger partial charge in [0.25, 0.3) is 11.2 Å². The van der Waals surface area contributed by atoms with E-state index in [-0.39, 0.29) is 64.6 Å². The largest absolute Gasteiger partial charge is 0.382 e. The minimum absolute atomic E-state index is 0.0203. The molecule has 5 aromatic heterocycles. The molecule has 20 nitrogen and oxygen atoms in total. The van der Waals surface area contributed by atoms with Crippen molar-refractivity contribution in [3.05, 3.63) is 93.8 Å². The fourth-order valence-electron chi connectivity index (χ4n) is 10.1. The monoisotopic (exact) mass is 1030 g/mol. The highest BCUT2D eigenvalue weighted by Gasteiger charge is 2.55. The summed E-state index contributed by atoms with van der Waals surface area (Å²) in [5.74, 6) is 0.932. The number of nitrogens with two attached hydrogens (primary N) is 1. The first-order valence-corrected chi connectivity index (χ1v) is 28.9. The van der Waals surface area contributed by atoms with Crippen LogP contribution < -0.4 is 11.3 Å². The molecule has 4 fully saturated rings. The Kier molecular flexibility index (Phi) is 12.8. The molecule has 10 rings (SSSR count). The molecule has 0 bridgehead atoms. The number of nitrogen functional groups attached to an aromatic ring is 1. The van der Waals surface area contributed by atoms with Crippen molar-refractivity contribution in [3.63, 3.8) is 0 Å². The fourth-order valence-corrected chi connectivity index (χ4v) is 18.7. The number of rotatable bonds is 16. The van der Waals surface area contributed by atoms with E-state index in [1.54, 1.807) is 35.4 Å². The maximum atomic E-state index is 17.2. The quantitative estimate of drug-likeness (QED) is 0.0416. The lowest BCUT2D eigenvalue weighted by Gasteiger charge is -2.45. The predicted octanol–water partition coefficient (Wildman–Crippen LogP) is 7.37. The van der Waals surface area contributed by atoms with Crippen LogP contribution in [-0.2, 0) is 59.4 Å². The van der Waals surface area contributed by atoms with Crippen LogP contribution >= 0.6 is 23.8 Å². The highest BCUT2D eigenvalue weighted by Crippen LogP contribution is 2.75. The van der Waals surface area contributed by atoms with E-state index >= 15 is 4.39 Å². The Bertz CT molecular complexity index is 3100. The van der Waals surface area contributed by atoms with Gasteiger partial charge in [0.05, 0.1) is 36.9 Å². The molecule has 68 heavy (non-hydrogen) atoms. The van der Waals surface area contributed by atoms with Gasteiger partial charge in [-0.3, -0.25) is 24.0 Å². The molecule has 0 spiro atoms. The van der Waals surface area contributed by atoms with Crippen molar-refractivity contribution in [2.45, 2.75) is 107 Å². The van der Waals surface area contributed by atoms with Gasteiger partial charge in [0, 0.05) is 41.9 Å². The van der Waals surface area contributed by atoms with E-state index in [4.69, 9.17) is 57.2 Å². The maximum absolute atomic E-state index is 17.2. The average molecular weight is 1030 g/mol. The van der Waals surface area contributed by atoms with Gasteiger partial charge >= 0.3 is 6.72 Å². The van der Waals surface area contributed by atoms with Crippen LogP contribution in [0.3, 0.4) is 0 Å². The van der Waals surface area contributed by atoms with Crippen LogP contribution in [-0.4, -0.2) is 95.3 Å². The van der Waals surface area contributed by atoms with Crippen molar-refractivity contribution < 1.29 is 37.0 Å². The number of nitrogens with zero attached hydrogens (tertiary/aromatic N) is 10. The third kappa shape index (κ3) is 8.77. The van der Waals surface area contributed by atoms with E-state index in [0.717, 1.165) is 36.8 Å². The number of halogens is 1. The molecule has 26 heteroatoms. The molecule has 6 aromatic rings. The molecule has 2 unspecified atom stereocenters. The minimum atomic E-state index is -4.18. The molecule has 2 saturated carbocycles. The van der Waals surface area contributed by atoms with Crippen LogP contribution in [0.5, 0.6) is 0 Å². The molecule has 0 amide bonds. The van der Waals surface area contributed by atoms with Crippen LogP contribution in [0.25, 0.3) is 28.1 Å². The summed E-state index contributed by atoms with van der Waals surface area (Å²) in [5.41, 5.74) is 5.69. The van der Waals surface area contributed by atoms with E-state index in [1.807, 2.05) is 11.5 Å². The van der Waals surface area contributed by atoms with Gasteiger partial charge in [-0.2, -0.15) is 4.98 Å². The van der Waals surface area contributed by atoms with E-state index < -0.39 is 47.5 Å². The van der Waals surface area contributed by atoms with Crippen molar-refractivity contribution in [1.29, 1.82) is 0 Å². The normalized spacial score (nSPS) is 31.3. The molecule has 2 aliphatic heterocycles. The van der Waals surface area contributed by atoms with Gasteiger partial charge < -0.3 is 38.1 Å². The number of nitro benzene ring substituents is 1. The molecule has 362 valence electrons. The lowest BCUT2D eigenvalue weighted by Crippen LogP contribution is -2.40. The number of allylic oxidation sites excluding steroid dienone is 1. The highest BCUT2D eigenvalue weighted by atomic mass is 32.9. The first-order valence-electron chi connectivity index (χ1n) is 22.3. The summed E-state index contributed by atoms with van der Waals surface area (Å²) in [6, 6.07) is 6.26. The standard InChI is InChI=1S/C42H50FN11O9P2S3/c1-5-28-26(16-29(28)52-21-47-33-36(44)45-20-46-37(33)52)18-59-64(58,66)63-35-32(43)30(19-60-65(67)62-31-17-25(23(2)3)10-12-42(31,4)68-65)61-40(35)53-22-48-34-38(53)49-41-50(14-15-51(41)39(34)55)13-11-24-6-8-27(9-7-24)54(56)57/h6-9,14-15,20-22,25-26,28-32,35,40H,2,5,10-13,16-19H2,1,3-4H3,(H,58,66)(H2,44,45,46)/t25-,26-,28-,29-,30-,31+,32-,35-,40-,42+,64?,65?/m1/s1. The third-order valence-electron chi connectivity index (χ3n) is 14.0. The first kappa shape index (κ1) is 47.6. The molecule has 0 radical (unpaired) electrons. The zero-order valence-corrected chi connectivity index (χ0v) is 41.5. The second-order valence-electron chi connectivity index (χ2n) is 18.2. The highest BCUT2D eigenvalue weighted by molar-refractivity contribution is 8.68. The van der Waals surface area contributed by atoms with Crippen LogP contribution in [0.2, 0.25) is 0 Å². The summed E-state index contributed by atoms with van der Waals surface area (Å²) in [4.78, 5) is 58.5. The van der Waals surface area contributed by atoms with Gasteiger partial charge in [-0.25, -0.2) is 28.7 Å². The van der Waals surface area contributed by atoms with E-state index in [1.165, 1.54) is 45.1 Å². The van der Waals surface area contributed by atoms with Crippen LogP contribution in [0.4, 0.5) is 15.9 Å². The molecule has 1 aromatic carbocycles. The number of nitro groups is 1. The topological polar surface area (TPSA) is 236 Å². The van der Waals surface area contributed by atoms with Crippen molar-refractivity contribution in [3.8, 4) is 0 Å². The number of anilines is 1. The number of ether oxygens (including phenoxy) is 1. The maximum Gasteiger partial charge on any atom is 0.325 e. The molecular weight excluding hydrogens is 980 g/mol. The molecule has 7 heterocycles. The molecule has 2 saturated heterocycles. The zero-order valence-electron chi connectivity index (χ0n) is 37.2. The van der Waals surface area contributed by atoms with Gasteiger partial charge in [0.15, 0.2) is 35.0 Å². The van der Waals surface area contributed by atoms with Gasteiger partial charge in [-0.05, 0) is 92.9 Å². The Balaban J connectivity index is 0.901.